The normalized spacial score (nSPS) is 14.0. The number of benzene rings is 2. The van der Waals surface area contributed by atoms with Crippen molar-refractivity contribution < 1.29 is 14.4 Å². The fourth-order valence-corrected chi connectivity index (χ4v) is 3.42. The van der Waals surface area contributed by atoms with E-state index in [2.05, 4.69) is 21.5 Å². The van der Waals surface area contributed by atoms with Gasteiger partial charge in [0, 0.05) is 27.9 Å². The smallest absolute Gasteiger partial charge is 0.326 e. The van der Waals surface area contributed by atoms with Crippen molar-refractivity contribution in [2.24, 2.45) is 5.92 Å². The first-order chi connectivity index (χ1) is 14.0. The minimum atomic E-state index is -0.600. The number of hydrazine groups is 1. The van der Waals surface area contributed by atoms with E-state index in [0.717, 1.165) is 25.7 Å². The van der Waals surface area contributed by atoms with Gasteiger partial charge in [-0.2, -0.15) is 0 Å². The van der Waals surface area contributed by atoms with Crippen molar-refractivity contribution in [3.8, 4) is 0 Å². The Labute approximate surface area is 174 Å². The molecule has 0 aliphatic heterocycles. The molecule has 0 saturated heterocycles. The lowest BCUT2D eigenvalue weighted by molar-refractivity contribution is -0.120. The zero-order valence-corrected chi connectivity index (χ0v) is 16.6. The number of hydrogen-bond donors (Lipinski definition) is 4. The second-order valence-electron chi connectivity index (χ2n) is 6.95. The maximum absolute atomic E-state index is 12.3. The highest BCUT2D eigenvalue weighted by Gasteiger charge is 2.21. The van der Waals surface area contributed by atoms with Crippen LogP contribution in [0.1, 0.15) is 42.5 Å². The minimum Gasteiger partial charge on any atom is -0.326 e. The van der Waals surface area contributed by atoms with Crippen molar-refractivity contribution in [1.82, 2.24) is 10.9 Å². The van der Waals surface area contributed by atoms with Gasteiger partial charge in [0.15, 0.2) is 0 Å². The fraction of sp³-hybridized carbons (Fsp3) is 0.286. The highest BCUT2D eigenvalue weighted by molar-refractivity contribution is 6.30. The van der Waals surface area contributed by atoms with Crippen LogP contribution in [0, 0.1) is 5.92 Å². The first kappa shape index (κ1) is 20.7. The molecule has 29 heavy (non-hydrogen) atoms. The van der Waals surface area contributed by atoms with Crippen LogP contribution in [0.3, 0.4) is 0 Å². The monoisotopic (exact) mass is 414 g/mol. The molecule has 8 heteroatoms. The predicted octanol–water partition coefficient (Wildman–Crippen LogP) is 4.33. The van der Waals surface area contributed by atoms with E-state index in [0.29, 0.717) is 22.0 Å². The summed E-state index contributed by atoms with van der Waals surface area (Å²) in [6.45, 7) is 0. The standard InChI is InChI=1S/C21H23ClN4O3/c22-16-7-4-8-18(13-16)24-21(29)26-25-20(28)15-9-11-17(12-10-15)23-19(27)14-5-2-1-3-6-14/h4,7-14H,1-3,5-6H2,(H,23,27)(H,25,28)(H2,24,26,29). The van der Waals surface area contributed by atoms with Gasteiger partial charge in [-0.1, -0.05) is 36.9 Å². The molecule has 0 heterocycles. The average Bonchev–Trinajstić information content (AvgIpc) is 2.73. The first-order valence-electron chi connectivity index (χ1n) is 9.55. The molecule has 2 aromatic rings. The Hall–Kier alpha value is -3.06. The van der Waals surface area contributed by atoms with Crippen molar-refractivity contribution in [3.05, 3.63) is 59.1 Å². The molecule has 1 aliphatic carbocycles. The Balaban J connectivity index is 1.47. The van der Waals surface area contributed by atoms with E-state index in [9.17, 15) is 14.4 Å². The SMILES string of the molecule is O=C(NNC(=O)c1ccc(NC(=O)C2CCCCC2)cc1)Nc1cccc(Cl)c1. The van der Waals surface area contributed by atoms with Gasteiger partial charge < -0.3 is 10.6 Å². The molecule has 4 amide bonds. The van der Waals surface area contributed by atoms with Crippen LogP contribution in [-0.4, -0.2) is 17.8 Å². The molecule has 0 aromatic heterocycles. The van der Waals surface area contributed by atoms with Crippen molar-refractivity contribution in [1.29, 1.82) is 0 Å². The number of amides is 4. The second kappa shape index (κ2) is 9.93. The number of rotatable bonds is 4. The Morgan fingerprint density at radius 3 is 2.24 bits per heavy atom. The summed E-state index contributed by atoms with van der Waals surface area (Å²) >= 11 is 5.86. The van der Waals surface area contributed by atoms with Gasteiger partial charge in [0.2, 0.25) is 5.91 Å². The van der Waals surface area contributed by atoms with E-state index in [-0.39, 0.29) is 11.8 Å². The number of nitrogens with one attached hydrogen (secondary N) is 4. The summed E-state index contributed by atoms with van der Waals surface area (Å²) in [6, 6.07) is 12.6. The lowest BCUT2D eigenvalue weighted by Crippen LogP contribution is -2.43. The molecule has 1 saturated carbocycles. The molecule has 152 valence electrons. The number of carbonyl (C=O) groups excluding carboxylic acids is 3. The maximum atomic E-state index is 12.3. The summed E-state index contributed by atoms with van der Waals surface area (Å²) in [5, 5.41) is 5.94. The number of anilines is 2. The van der Waals surface area contributed by atoms with Crippen molar-refractivity contribution in [3.63, 3.8) is 0 Å². The summed E-state index contributed by atoms with van der Waals surface area (Å²) in [5.74, 6) is -0.383. The predicted molar refractivity (Wildman–Crippen MR) is 113 cm³/mol. The second-order valence-corrected chi connectivity index (χ2v) is 7.38. The van der Waals surface area contributed by atoms with Crippen LogP contribution in [0.2, 0.25) is 5.02 Å². The van der Waals surface area contributed by atoms with Gasteiger partial charge in [-0.15, -0.1) is 0 Å². The van der Waals surface area contributed by atoms with Crippen LogP contribution >= 0.6 is 11.6 Å². The molecule has 4 N–H and O–H groups in total. The van der Waals surface area contributed by atoms with Crippen LogP contribution in [0.25, 0.3) is 0 Å². The first-order valence-corrected chi connectivity index (χ1v) is 9.93. The van der Waals surface area contributed by atoms with Gasteiger partial charge in [-0.25, -0.2) is 10.2 Å². The Morgan fingerprint density at radius 2 is 1.55 bits per heavy atom. The van der Waals surface area contributed by atoms with Gasteiger partial charge in [-0.05, 0) is 55.3 Å². The van der Waals surface area contributed by atoms with Crippen LogP contribution in [0.4, 0.5) is 16.2 Å². The Morgan fingerprint density at radius 1 is 0.828 bits per heavy atom. The molecule has 7 nitrogen and oxygen atoms in total. The lowest BCUT2D eigenvalue weighted by Gasteiger charge is -2.20. The van der Waals surface area contributed by atoms with E-state index in [1.165, 1.54) is 6.42 Å². The number of carbonyl (C=O) groups is 3. The highest BCUT2D eigenvalue weighted by atomic mass is 35.5. The number of urea groups is 1. The van der Waals surface area contributed by atoms with Crippen LogP contribution in [0.15, 0.2) is 48.5 Å². The highest BCUT2D eigenvalue weighted by Crippen LogP contribution is 2.25. The van der Waals surface area contributed by atoms with Crippen molar-refractivity contribution in [2.45, 2.75) is 32.1 Å². The third-order valence-electron chi connectivity index (χ3n) is 4.76. The van der Waals surface area contributed by atoms with E-state index < -0.39 is 11.9 Å². The minimum absolute atomic E-state index is 0.0289. The van der Waals surface area contributed by atoms with E-state index in [1.54, 1.807) is 48.5 Å². The largest absolute Gasteiger partial charge is 0.337 e. The summed E-state index contributed by atoms with van der Waals surface area (Å²) in [6.07, 6.45) is 5.23. The average molecular weight is 415 g/mol. The molecule has 0 atom stereocenters. The molecular formula is C21H23ClN4O3. The molecule has 0 unspecified atom stereocenters. The third-order valence-corrected chi connectivity index (χ3v) is 5.00. The van der Waals surface area contributed by atoms with Crippen LogP contribution < -0.4 is 21.5 Å². The van der Waals surface area contributed by atoms with Crippen LogP contribution in [-0.2, 0) is 4.79 Å². The Kier molecular flexibility index (Phi) is 7.08. The quantitative estimate of drug-likeness (QED) is 0.560. The maximum Gasteiger partial charge on any atom is 0.337 e. The lowest BCUT2D eigenvalue weighted by atomic mass is 9.88. The molecule has 2 aromatic carbocycles. The zero-order valence-electron chi connectivity index (χ0n) is 15.8. The van der Waals surface area contributed by atoms with E-state index >= 15 is 0 Å². The summed E-state index contributed by atoms with van der Waals surface area (Å²) in [4.78, 5) is 36.3. The zero-order chi connectivity index (χ0) is 20.6. The molecule has 1 fully saturated rings. The molecule has 1 aliphatic rings. The van der Waals surface area contributed by atoms with Crippen molar-refractivity contribution >= 4 is 40.8 Å². The summed E-state index contributed by atoms with van der Waals surface area (Å²) in [7, 11) is 0. The van der Waals surface area contributed by atoms with Gasteiger partial charge in [0.1, 0.15) is 0 Å². The molecule has 3 rings (SSSR count). The number of halogens is 1. The van der Waals surface area contributed by atoms with Gasteiger partial charge >= 0.3 is 6.03 Å². The van der Waals surface area contributed by atoms with Gasteiger partial charge in [0.25, 0.3) is 5.91 Å². The summed E-state index contributed by atoms with van der Waals surface area (Å²) in [5.41, 5.74) is 6.10. The molecule has 0 radical (unpaired) electrons. The van der Waals surface area contributed by atoms with Crippen LogP contribution in [0.5, 0.6) is 0 Å². The number of hydrogen-bond acceptors (Lipinski definition) is 3. The molecule has 0 spiro atoms. The fourth-order valence-electron chi connectivity index (χ4n) is 3.23. The summed E-state index contributed by atoms with van der Waals surface area (Å²) < 4.78 is 0. The third kappa shape index (κ3) is 6.22. The molecule has 0 bridgehead atoms. The van der Waals surface area contributed by atoms with E-state index in [1.807, 2.05) is 0 Å². The van der Waals surface area contributed by atoms with Gasteiger partial charge in [0.05, 0.1) is 0 Å². The Bertz CT molecular complexity index is 880. The molecular weight excluding hydrogens is 392 g/mol. The topological polar surface area (TPSA) is 99.3 Å². The van der Waals surface area contributed by atoms with Crippen molar-refractivity contribution in [2.75, 3.05) is 10.6 Å². The van der Waals surface area contributed by atoms with E-state index in [4.69, 9.17) is 11.6 Å². The van der Waals surface area contributed by atoms with Gasteiger partial charge in [-0.3, -0.25) is 15.0 Å².